The van der Waals surface area contributed by atoms with E-state index in [-0.39, 0.29) is 153 Å². The van der Waals surface area contributed by atoms with Crippen molar-refractivity contribution >= 4 is 0 Å². The van der Waals surface area contributed by atoms with Crippen molar-refractivity contribution < 1.29 is 153 Å². The van der Waals surface area contributed by atoms with Crippen molar-refractivity contribution in [3.63, 3.8) is 0 Å². The molecule has 0 spiro atoms. The molecule has 0 heterocycles. The van der Waals surface area contributed by atoms with Crippen molar-refractivity contribution in [1.29, 1.82) is 0 Å². The maximum Gasteiger partial charge on any atom is 4.00 e. The minimum absolute atomic E-state index is 0. The number of rotatable bonds is 12. The zero-order valence-electron chi connectivity index (χ0n) is 40.6. The van der Waals surface area contributed by atoms with Crippen LogP contribution in [0.4, 0.5) is 0 Å². The third-order valence-electron chi connectivity index (χ3n) is 10.3. The van der Waals surface area contributed by atoms with Crippen LogP contribution in [0, 0.1) is 41.5 Å². The molecule has 0 atom stereocenters. The summed E-state index contributed by atoms with van der Waals surface area (Å²) >= 11 is 0. The van der Waals surface area contributed by atoms with Gasteiger partial charge >= 0.3 is 78.6 Å². The van der Waals surface area contributed by atoms with Gasteiger partial charge in [-0.25, -0.2) is 72.8 Å². The summed E-state index contributed by atoms with van der Waals surface area (Å²) in [5.41, 5.74) is 17.7. The first-order valence-corrected chi connectivity index (χ1v) is 21.3. The summed E-state index contributed by atoms with van der Waals surface area (Å²) < 4.78 is 0. The molecule has 348 valence electrons. The second-order valence-corrected chi connectivity index (χ2v) is 14.8. The standard InChI is InChI=1S/2C10H15.2C9H13.2C8H11.6ClH.3Zr/c2*1-3-4-7-10-8-5-6-9(10)2;2*1-3-5-9-7-4-6-8(9)2;2*1-3-8-6-4-5-7(8)2;;;;;;;;;/h2*5-6,8H,3-4,7H2,1-2H3;2*4,6-7H,3,5H2,1-2H3;2*4-6H,3H2,1-2H3;6*1H;;;/q6*-1;;;;;;;3*+4/p-6. The Morgan fingerprint density at radius 2 is 0.476 bits per heavy atom. The second-order valence-electron chi connectivity index (χ2n) is 14.8. The molecule has 0 saturated carbocycles. The maximum atomic E-state index is 2.23. The number of aryl methyl sites for hydroxylation is 12. The van der Waals surface area contributed by atoms with Crippen LogP contribution in [0.15, 0.2) is 109 Å². The summed E-state index contributed by atoms with van der Waals surface area (Å²) in [6.07, 6.45) is 15.1. The molecule has 0 amide bonds. The van der Waals surface area contributed by atoms with Crippen LogP contribution in [0.3, 0.4) is 0 Å². The molecule has 9 heteroatoms. The van der Waals surface area contributed by atoms with E-state index in [0.717, 1.165) is 0 Å². The Morgan fingerprint density at radius 3 is 0.603 bits per heavy atom. The molecule has 0 aliphatic heterocycles. The zero-order valence-corrected chi connectivity index (χ0v) is 52.6. The molecule has 0 N–H and O–H groups in total. The first kappa shape index (κ1) is 83.5. The van der Waals surface area contributed by atoms with Crippen molar-refractivity contribution in [2.24, 2.45) is 0 Å². The number of hydrogen-bond donors (Lipinski definition) is 0. The molecule has 63 heavy (non-hydrogen) atoms. The third-order valence-corrected chi connectivity index (χ3v) is 10.3. The summed E-state index contributed by atoms with van der Waals surface area (Å²) in [6.45, 7) is 26.3. The van der Waals surface area contributed by atoms with Gasteiger partial charge in [0.05, 0.1) is 0 Å². The van der Waals surface area contributed by atoms with Gasteiger partial charge in [-0.2, -0.15) is 103 Å². The minimum atomic E-state index is 0. The van der Waals surface area contributed by atoms with Crippen molar-refractivity contribution in [3.05, 3.63) is 176 Å². The van der Waals surface area contributed by atoms with Crippen LogP contribution in [0.1, 0.15) is 147 Å². The largest absolute Gasteiger partial charge is 4.00 e. The molecule has 0 fully saturated rings. The van der Waals surface area contributed by atoms with E-state index < -0.39 is 0 Å². The Hall–Kier alpha value is 0.489. The molecule has 0 aromatic heterocycles. The predicted octanol–water partition coefficient (Wildman–Crippen LogP) is -1.98. The van der Waals surface area contributed by atoms with Gasteiger partial charge in [0.15, 0.2) is 0 Å². The Labute approximate surface area is 483 Å². The smallest absolute Gasteiger partial charge is 1.00 e. The van der Waals surface area contributed by atoms with E-state index in [1.54, 1.807) is 0 Å². The second kappa shape index (κ2) is 53.4. The van der Waals surface area contributed by atoms with Crippen LogP contribution in [0.5, 0.6) is 0 Å². The van der Waals surface area contributed by atoms with Gasteiger partial charge in [0.2, 0.25) is 0 Å². The van der Waals surface area contributed by atoms with E-state index in [4.69, 9.17) is 0 Å². The topological polar surface area (TPSA) is 0 Å². The Balaban J connectivity index is -0.0000000773. The molecule has 0 unspecified atom stereocenters. The average molecular weight is 1210 g/mol. The van der Waals surface area contributed by atoms with Gasteiger partial charge in [-0.3, -0.25) is 0 Å². The minimum Gasteiger partial charge on any atom is -1.00 e. The van der Waals surface area contributed by atoms with E-state index in [0.29, 0.717) is 0 Å². The summed E-state index contributed by atoms with van der Waals surface area (Å²) in [4.78, 5) is 0. The summed E-state index contributed by atoms with van der Waals surface area (Å²) in [5.74, 6) is 0. The van der Waals surface area contributed by atoms with Crippen LogP contribution >= 0.6 is 0 Å². The third kappa shape index (κ3) is 37.1. The fourth-order valence-corrected chi connectivity index (χ4v) is 6.47. The summed E-state index contributed by atoms with van der Waals surface area (Å²) in [5, 5.41) is 0. The number of unbranched alkanes of at least 4 members (excludes halogenated alkanes) is 2. The predicted molar refractivity (Wildman–Crippen MR) is 245 cm³/mol. The van der Waals surface area contributed by atoms with Crippen LogP contribution in [-0.4, -0.2) is 0 Å². The monoisotopic (exact) mass is 1210 g/mol. The van der Waals surface area contributed by atoms with E-state index in [1.807, 2.05) is 0 Å². The molecular weight excluding hydrogens is 1130 g/mol. The molecule has 6 aromatic rings. The van der Waals surface area contributed by atoms with Gasteiger partial charge in [0.1, 0.15) is 0 Å². The molecule has 6 aromatic carbocycles. The van der Waals surface area contributed by atoms with Gasteiger partial charge in [-0.05, 0) is 0 Å². The van der Waals surface area contributed by atoms with Crippen molar-refractivity contribution in [1.82, 2.24) is 0 Å². The molecular formula is C54H78Cl6Zr3. The molecule has 0 radical (unpaired) electrons. The van der Waals surface area contributed by atoms with Crippen molar-refractivity contribution in [2.45, 2.75) is 160 Å². The quantitative estimate of drug-likeness (QED) is 0.125. The molecule has 0 aliphatic rings. The van der Waals surface area contributed by atoms with E-state index in [2.05, 4.69) is 192 Å². The molecule has 0 bridgehead atoms. The Morgan fingerprint density at radius 1 is 0.286 bits per heavy atom. The number of hydrogen-bond acceptors (Lipinski definition) is 0. The SMILES string of the molecule is CCCCc1ccc[c-]1C.CCCCc1ccc[c-]1C.CCCc1ccc[c-]1C.CCCc1ccc[c-]1C.CCc1ccc[c-]1C.CCc1ccc[c-]1C.[Cl-].[Cl-].[Cl-].[Cl-].[Cl-].[Cl-].[Zr+4].[Zr+4].[Zr+4]. The Bertz CT molecular complexity index is 1610. The van der Waals surface area contributed by atoms with Crippen LogP contribution in [0.2, 0.25) is 0 Å². The van der Waals surface area contributed by atoms with E-state index in [1.165, 1.54) is 144 Å². The van der Waals surface area contributed by atoms with Gasteiger partial charge in [0.25, 0.3) is 0 Å². The van der Waals surface area contributed by atoms with Gasteiger partial charge < -0.3 is 74.4 Å². The maximum absolute atomic E-state index is 2.23. The molecule has 0 saturated heterocycles. The fourth-order valence-electron chi connectivity index (χ4n) is 6.47. The average Bonchev–Trinajstić information content (AvgIpc) is 4.05. The first-order valence-electron chi connectivity index (χ1n) is 21.3. The van der Waals surface area contributed by atoms with Gasteiger partial charge in [0, 0.05) is 0 Å². The van der Waals surface area contributed by atoms with Crippen molar-refractivity contribution in [2.75, 3.05) is 0 Å². The summed E-state index contributed by atoms with van der Waals surface area (Å²) in [7, 11) is 0. The molecule has 0 nitrogen and oxygen atoms in total. The van der Waals surface area contributed by atoms with Crippen LogP contribution in [0.25, 0.3) is 0 Å². The zero-order chi connectivity index (χ0) is 40.1. The van der Waals surface area contributed by atoms with Crippen LogP contribution in [-0.2, 0) is 117 Å². The summed E-state index contributed by atoms with van der Waals surface area (Å²) in [6, 6.07) is 39.0. The van der Waals surface area contributed by atoms with E-state index >= 15 is 0 Å². The fraction of sp³-hybridized carbons (Fsp3) is 0.444. The van der Waals surface area contributed by atoms with Gasteiger partial charge in [-0.15, -0.1) is 0 Å². The molecule has 0 aliphatic carbocycles. The van der Waals surface area contributed by atoms with Gasteiger partial charge in [-0.1, -0.05) is 160 Å². The number of halogens is 6. The van der Waals surface area contributed by atoms with Crippen LogP contribution < -0.4 is 74.4 Å². The van der Waals surface area contributed by atoms with E-state index in [9.17, 15) is 0 Å². The first-order chi connectivity index (χ1) is 26.1. The molecule has 6 rings (SSSR count). The van der Waals surface area contributed by atoms with Crippen molar-refractivity contribution in [3.8, 4) is 0 Å². The Kier molecular flexibility index (Phi) is 70.8. The normalized spacial score (nSPS) is 8.57.